The smallest absolute Gasteiger partial charge is 0.217 e. The highest BCUT2D eigenvalue weighted by molar-refractivity contribution is 5.84. The molecule has 1 aliphatic rings. The van der Waals surface area contributed by atoms with Gasteiger partial charge in [-0.2, -0.15) is 0 Å². The van der Waals surface area contributed by atoms with Crippen molar-refractivity contribution in [3.05, 3.63) is 0 Å². The molecule has 0 radical (unpaired) electrons. The van der Waals surface area contributed by atoms with Gasteiger partial charge in [0.2, 0.25) is 5.91 Å². The molecule has 5 N–H and O–H groups in total. The van der Waals surface area contributed by atoms with Gasteiger partial charge >= 0.3 is 0 Å². The lowest BCUT2D eigenvalue weighted by Gasteiger charge is -2.22. The summed E-state index contributed by atoms with van der Waals surface area (Å²) in [6, 6.07) is -0.524. The minimum atomic E-state index is -0.524. The maximum atomic E-state index is 11.7. The second kappa shape index (κ2) is 7.40. The number of nitrogens with two attached hydrogens (primary N) is 2. The van der Waals surface area contributed by atoms with Crippen molar-refractivity contribution in [3.8, 4) is 0 Å². The molecule has 17 heavy (non-hydrogen) atoms. The van der Waals surface area contributed by atoms with Gasteiger partial charge in [-0.05, 0) is 44.7 Å². The summed E-state index contributed by atoms with van der Waals surface area (Å²) in [4.78, 5) is 22.3. The predicted molar refractivity (Wildman–Crippen MR) is 66.2 cm³/mol. The average molecular weight is 241 g/mol. The third-order valence-electron chi connectivity index (χ3n) is 3.37. The molecule has 0 aromatic heterocycles. The number of Topliss-reactive ketones (excluding diaryl/α,β-unsaturated/α-hetero) is 1. The molecule has 5 nitrogen and oxygen atoms in total. The zero-order chi connectivity index (χ0) is 12.7. The molecule has 0 aromatic carbocycles. The molecule has 0 aromatic rings. The molecule has 0 aliphatic carbocycles. The maximum Gasteiger partial charge on any atom is 0.217 e. The topological polar surface area (TPSA) is 98.2 Å². The Balaban J connectivity index is 2.16. The van der Waals surface area contributed by atoms with Crippen molar-refractivity contribution in [2.24, 2.45) is 17.4 Å². The lowest BCUT2D eigenvalue weighted by molar-refractivity contribution is -0.121. The summed E-state index contributed by atoms with van der Waals surface area (Å²) >= 11 is 0. The molecule has 5 heteroatoms. The molecule has 1 aliphatic heterocycles. The van der Waals surface area contributed by atoms with Crippen LogP contribution in [0.4, 0.5) is 0 Å². The van der Waals surface area contributed by atoms with E-state index in [0.717, 1.165) is 32.4 Å². The van der Waals surface area contributed by atoms with Crippen molar-refractivity contribution in [2.75, 3.05) is 13.1 Å². The summed E-state index contributed by atoms with van der Waals surface area (Å²) in [5.41, 5.74) is 10.7. The normalized spacial score (nSPS) is 18.9. The Morgan fingerprint density at radius 2 is 1.88 bits per heavy atom. The van der Waals surface area contributed by atoms with Crippen LogP contribution in [0, 0.1) is 5.92 Å². The van der Waals surface area contributed by atoms with E-state index < -0.39 is 11.9 Å². The first-order chi connectivity index (χ1) is 8.09. The Hall–Kier alpha value is -0.940. The highest BCUT2D eigenvalue weighted by Gasteiger charge is 2.18. The quantitative estimate of drug-likeness (QED) is 0.581. The van der Waals surface area contributed by atoms with E-state index in [1.54, 1.807) is 0 Å². The van der Waals surface area contributed by atoms with Crippen LogP contribution in [0.1, 0.15) is 38.5 Å². The van der Waals surface area contributed by atoms with E-state index in [9.17, 15) is 9.59 Å². The first-order valence-electron chi connectivity index (χ1n) is 6.37. The lowest BCUT2D eigenvalue weighted by atomic mass is 9.91. The van der Waals surface area contributed by atoms with Crippen LogP contribution >= 0.6 is 0 Å². The Morgan fingerprint density at radius 3 is 2.47 bits per heavy atom. The van der Waals surface area contributed by atoms with Crippen LogP contribution in [0.15, 0.2) is 0 Å². The van der Waals surface area contributed by atoms with Crippen LogP contribution < -0.4 is 16.8 Å². The predicted octanol–water partition coefficient (Wildman–Crippen LogP) is -0.0719. The number of amides is 1. The van der Waals surface area contributed by atoms with Crippen molar-refractivity contribution >= 4 is 11.7 Å². The zero-order valence-electron chi connectivity index (χ0n) is 10.3. The van der Waals surface area contributed by atoms with E-state index >= 15 is 0 Å². The van der Waals surface area contributed by atoms with Gasteiger partial charge in [0.15, 0.2) is 0 Å². The van der Waals surface area contributed by atoms with E-state index in [1.807, 2.05) is 0 Å². The number of hydrogen-bond acceptors (Lipinski definition) is 4. The van der Waals surface area contributed by atoms with E-state index in [1.165, 1.54) is 0 Å². The SMILES string of the molecule is NC(=O)CC[C@H](N)C(=O)CCC1CCNCC1. The van der Waals surface area contributed by atoms with E-state index in [-0.39, 0.29) is 12.2 Å². The van der Waals surface area contributed by atoms with Gasteiger partial charge in [-0.3, -0.25) is 9.59 Å². The maximum absolute atomic E-state index is 11.7. The highest BCUT2D eigenvalue weighted by atomic mass is 16.1. The molecule has 1 amide bonds. The van der Waals surface area contributed by atoms with Crippen LogP contribution in [-0.2, 0) is 9.59 Å². The number of ketones is 1. The van der Waals surface area contributed by atoms with Gasteiger partial charge in [0.25, 0.3) is 0 Å². The Morgan fingerprint density at radius 1 is 1.24 bits per heavy atom. The van der Waals surface area contributed by atoms with Crippen molar-refractivity contribution in [1.82, 2.24) is 5.32 Å². The van der Waals surface area contributed by atoms with Crippen LogP contribution in [0.5, 0.6) is 0 Å². The lowest BCUT2D eigenvalue weighted by Crippen LogP contribution is -2.33. The first kappa shape index (κ1) is 14.1. The van der Waals surface area contributed by atoms with Crippen LogP contribution in [0.2, 0.25) is 0 Å². The van der Waals surface area contributed by atoms with Crippen molar-refractivity contribution in [2.45, 2.75) is 44.6 Å². The molecule has 1 saturated heterocycles. The molecule has 1 atom stereocenters. The molecule has 1 fully saturated rings. The Bertz CT molecular complexity index is 262. The van der Waals surface area contributed by atoms with Crippen molar-refractivity contribution in [3.63, 3.8) is 0 Å². The van der Waals surface area contributed by atoms with Gasteiger partial charge in [0.1, 0.15) is 5.78 Å². The molecule has 0 bridgehead atoms. The van der Waals surface area contributed by atoms with Gasteiger partial charge in [-0.25, -0.2) is 0 Å². The number of rotatable bonds is 7. The number of hydrogen-bond donors (Lipinski definition) is 3. The molecular weight excluding hydrogens is 218 g/mol. The van der Waals surface area contributed by atoms with Crippen molar-refractivity contribution in [1.29, 1.82) is 0 Å². The molecular formula is C12H23N3O2. The summed E-state index contributed by atoms with van der Waals surface area (Å²) in [5.74, 6) is 0.305. The van der Waals surface area contributed by atoms with Gasteiger partial charge in [-0.1, -0.05) is 0 Å². The summed E-state index contributed by atoms with van der Waals surface area (Å²) < 4.78 is 0. The highest BCUT2D eigenvalue weighted by Crippen LogP contribution is 2.18. The number of nitrogens with one attached hydrogen (secondary N) is 1. The minimum Gasteiger partial charge on any atom is -0.370 e. The van der Waals surface area contributed by atoms with E-state index in [4.69, 9.17) is 11.5 Å². The summed E-state index contributed by atoms with van der Waals surface area (Å²) in [7, 11) is 0. The zero-order valence-corrected chi connectivity index (χ0v) is 10.3. The third kappa shape index (κ3) is 5.79. The van der Waals surface area contributed by atoms with Gasteiger partial charge in [-0.15, -0.1) is 0 Å². The van der Waals surface area contributed by atoms with Crippen LogP contribution in [0.3, 0.4) is 0 Å². The number of carbonyl (C=O) groups excluding carboxylic acids is 2. The molecule has 0 saturated carbocycles. The van der Waals surface area contributed by atoms with Gasteiger partial charge in [0.05, 0.1) is 6.04 Å². The Labute approximate surface area is 102 Å². The largest absolute Gasteiger partial charge is 0.370 e. The molecule has 98 valence electrons. The number of piperidine rings is 1. The average Bonchev–Trinajstić information content (AvgIpc) is 2.34. The van der Waals surface area contributed by atoms with E-state index in [2.05, 4.69) is 5.32 Å². The fourth-order valence-corrected chi connectivity index (χ4v) is 2.16. The van der Waals surface area contributed by atoms with Gasteiger partial charge < -0.3 is 16.8 Å². The molecule has 1 rings (SSSR count). The number of carbonyl (C=O) groups is 2. The summed E-state index contributed by atoms with van der Waals surface area (Å²) in [5, 5.41) is 3.30. The fraction of sp³-hybridized carbons (Fsp3) is 0.833. The molecule has 0 spiro atoms. The Kier molecular flexibility index (Phi) is 6.15. The molecule has 0 unspecified atom stereocenters. The van der Waals surface area contributed by atoms with Gasteiger partial charge in [0, 0.05) is 12.8 Å². The second-order valence-electron chi connectivity index (χ2n) is 4.81. The monoisotopic (exact) mass is 241 g/mol. The first-order valence-corrected chi connectivity index (χ1v) is 6.37. The van der Waals surface area contributed by atoms with E-state index in [0.29, 0.717) is 18.8 Å². The number of primary amides is 1. The fourth-order valence-electron chi connectivity index (χ4n) is 2.16. The third-order valence-corrected chi connectivity index (χ3v) is 3.37. The van der Waals surface area contributed by atoms with Crippen molar-refractivity contribution < 1.29 is 9.59 Å². The summed E-state index contributed by atoms with van der Waals surface area (Å²) in [6.45, 7) is 2.10. The second-order valence-corrected chi connectivity index (χ2v) is 4.81. The standard InChI is InChI=1S/C12H23N3O2/c13-10(2-4-12(14)17)11(16)3-1-9-5-7-15-8-6-9/h9-10,15H,1-8,13H2,(H2,14,17)/t10-/m0/s1. The van der Waals surface area contributed by atoms with Crippen LogP contribution in [0.25, 0.3) is 0 Å². The minimum absolute atomic E-state index is 0.0600. The van der Waals surface area contributed by atoms with Crippen LogP contribution in [-0.4, -0.2) is 30.8 Å². The summed E-state index contributed by atoms with van der Waals surface area (Å²) in [6.07, 6.45) is 4.31. The molecule has 1 heterocycles.